The molecule has 6 heteroatoms. The summed E-state index contributed by atoms with van der Waals surface area (Å²) in [7, 11) is -3.30. The van der Waals surface area contributed by atoms with Crippen LogP contribution in [0.15, 0.2) is 30.3 Å². The molecule has 1 fully saturated rings. The molecule has 5 nitrogen and oxygen atoms in total. The highest BCUT2D eigenvalue weighted by molar-refractivity contribution is 7.92. The quantitative estimate of drug-likeness (QED) is 0.847. The molecule has 1 aromatic carbocycles. The van der Waals surface area contributed by atoms with Gasteiger partial charge < -0.3 is 10.6 Å². The first-order valence-corrected chi connectivity index (χ1v) is 9.52. The van der Waals surface area contributed by atoms with E-state index in [1.54, 1.807) is 11.8 Å². The average molecular weight is 324 g/mol. The molecule has 1 aliphatic rings. The molecule has 22 heavy (non-hydrogen) atoms. The van der Waals surface area contributed by atoms with E-state index in [-0.39, 0.29) is 29.2 Å². The van der Waals surface area contributed by atoms with Crippen LogP contribution in [-0.2, 0) is 14.6 Å². The van der Waals surface area contributed by atoms with Crippen LogP contribution in [0.2, 0.25) is 0 Å². The van der Waals surface area contributed by atoms with E-state index in [2.05, 4.69) is 0 Å². The van der Waals surface area contributed by atoms with E-state index in [9.17, 15) is 13.2 Å². The van der Waals surface area contributed by atoms with Gasteiger partial charge in [0, 0.05) is 19.0 Å². The SMILES string of the molecule is CCCS(=O)(=O)CC(=O)N1C[C@@H](CN)[C@H](c2ccccc2)C1. The van der Waals surface area contributed by atoms with E-state index >= 15 is 0 Å². The predicted molar refractivity (Wildman–Crippen MR) is 87.3 cm³/mol. The zero-order chi connectivity index (χ0) is 16.2. The lowest BCUT2D eigenvalue weighted by atomic mass is 9.89. The molecule has 1 heterocycles. The second kappa shape index (κ2) is 7.24. The number of hydrogen-bond acceptors (Lipinski definition) is 4. The molecule has 0 radical (unpaired) electrons. The van der Waals surface area contributed by atoms with Crippen molar-refractivity contribution in [1.29, 1.82) is 0 Å². The van der Waals surface area contributed by atoms with Crippen molar-refractivity contribution in [3.63, 3.8) is 0 Å². The third-order valence-corrected chi connectivity index (χ3v) is 5.90. The number of hydrogen-bond donors (Lipinski definition) is 1. The van der Waals surface area contributed by atoms with Crippen LogP contribution in [0.1, 0.15) is 24.8 Å². The van der Waals surface area contributed by atoms with Crippen molar-refractivity contribution in [3.8, 4) is 0 Å². The van der Waals surface area contributed by atoms with Gasteiger partial charge in [-0.2, -0.15) is 0 Å². The minimum absolute atomic E-state index is 0.0645. The van der Waals surface area contributed by atoms with Gasteiger partial charge in [-0.15, -0.1) is 0 Å². The summed E-state index contributed by atoms with van der Waals surface area (Å²) in [5, 5.41) is 0. The smallest absolute Gasteiger partial charge is 0.237 e. The van der Waals surface area contributed by atoms with Crippen molar-refractivity contribution in [2.75, 3.05) is 31.1 Å². The van der Waals surface area contributed by atoms with Crippen molar-refractivity contribution in [1.82, 2.24) is 4.90 Å². The Bertz CT molecular complexity index is 601. The third-order valence-electron chi connectivity index (χ3n) is 4.18. The topological polar surface area (TPSA) is 80.5 Å². The Morgan fingerprint density at radius 3 is 2.55 bits per heavy atom. The van der Waals surface area contributed by atoms with E-state index in [1.165, 1.54) is 0 Å². The lowest BCUT2D eigenvalue weighted by Crippen LogP contribution is -2.35. The number of benzene rings is 1. The molecule has 2 N–H and O–H groups in total. The van der Waals surface area contributed by atoms with E-state index in [1.807, 2.05) is 30.3 Å². The first-order chi connectivity index (χ1) is 10.5. The first kappa shape index (κ1) is 17.0. The lowest BCUT2D eigenvalue weighted by molar-refractivity contribution is -0.127. The Hall–Kier alpha value is -1.40. The number of amides is 1. The van der Waals surface area contributed by atoms with Gasteiger partial charge in [0.05, 0.1) is 5.75 Å². The molecule has 0 bridgehead atoms. The third kappa shape index (κ3) is 4.08. The Morgan fingerprint density at radius 2 is 1.95 bits per heavy atom. The summed E-state index contributed by atoms with van der Waals surface area (Å²) in [5.41, 5.74) is 7.00. The second-order valence-electron chi connectivity index (χ2n) is 5.90. The minimum atomic E-state index is -3.30. The molecule has 1 aromatic rings. The number of nitrogens with two attached hydrogens (primary N) is 1. The van der Waals surface area contributed by atoms with Crippen LogP contribution in [0.5, 0.6) is 0 Å². The summed E-state index contributed by atoms with van der Waals surface area (Å²) in [4.78, 5) is 13.9. The number of carbonyl (C=O) groups excluding carboxylic acids is 1. The fraction of sp³-hybridized carbons (Fsp3) is 0.562. The number of carbonyl (C=O) groups is 1. The maximum atomic E-state index is 12.3. The number of rotatable bonds is 6. The van der Waals surface area contributed by atoms with Gasteiger partial charge in [0.25, 0.3) is 0 Å². The summed E-state index contributed by atoms with van der Waals surface area (Å²) in [6, 6.07) is 9.97. The highest BCUT2D eigenvalue weighted by atomic mass is 32.2. The highest BCUT2D eigenvalue weighted by Gasteiger charge is 2.36. The minimum Gasteiger partial charge on any atom is -0.341 e. The normalized spacial score (nSPS) is 22.0. The van der Waals surface area contributed by atoms with Crippen LogP contribution < -0.4 is 5.73 Å². The zero-order valence-corrected chi connectivity index (χ0v) is 13.8. The van der Waals surface area contributed by atoms with Crippen LogP contribution in [0.25, 0.3) is 0 Å². The van der Waals surface area contributed by atoms with Crippen molar-refractivity contribution < 1.29 is 13.2 Å². The average Bonchev–Trinajstić information content (AvgIpc) is 2.92. The molecule has 1 aliphatic heterocycles. The van der Waals surface area contributed by atoms with Gasteiger partial charge in [-0.05, 0) is 24.4 Å². The van der Waals surface area contributed by atoms with Gasteiger partial charge in [0.2, 0.25) is 5.91 Å². The summed E-state index contributed by atoms with van der Waals surface area (Å²) in [5.74, 6) is -0.260. The monoisotopic (exact) mass is 324 g/mol. The van der Waals surface area contributed by atoms with Crippen molar-refractivity contribution in [2.45, 2.75) is 19.3 Å². The first-order valence-electron chi connectivity index (χ1n) is 7.70. The van der Waals surface area contributed by atoms with Crippen molar-refractivity contribution in [2.24, 2.45) is 11.7 Å². The summed E-state index contributed by atoms with van der Waals surface area (Å²) in [6.07, 6.45) is 0.535. The van der Waals surface area contributed by atoms with Crippen LogP contribution >= 0.6 is 0 Å². The molecular formula is C16H24N2O3S. The maximum absolute atomic E-state index is 12.3. The molecule has 122 valence electrons. The summed E-state index contributed by atoms with van der Waals surface area (Å²) >= 11 is 0. The molecule has 0 spiro atoms. The standard InChI is InChI=1S/C16H24N2O3S/c1-2-8-22(20,21)12-16(19)18-10-14(9-17)15(11-18)13-6-4-3-5-7-13/h3-7,14-15H,2,8-12,17H2,1H3/t14-,15+/m1/s1. The van der Waals surface area contributed by atoms with Crippen LogP contribution in [0, 0.1) is 5.92 Å². The molecule has 2 atom stereocenters. The predicted octanol–water partition coefficient (Wildman–Crippen LogP) is 1.01. The summed E-state index contributed by atoms with van der Waals surface area (Å²) in [6.45, 7) is 3.38. The highest BCUT2D eigenvalue weighted by Crippen LogP contribution is 2.32. The second-order valence-corrected chi connectivity index (χ2v) is 8.09. The van der Waals surface area contributed by atoms with Crippen LogP contribution in [0.4, 0.5) is 0 Å². The Labute approximate surface area is 132 Å². The molecule has 0 unspecified atom stereocenters. The van der Waals surface area contributed by atoms with Gasteiger partial charge in [-0.25, -0.2) is 8.42 Å². The molecule has 0 saturated carbocycles. The van der Waals surface area contributed by atoms with E-state index in [0.717, 1.165) is 5.56 Å². The molecular weight excluding hydrogens is 300 g/mol. The van der Waals surface area contributed by atoms with Gasteiger partial charge >= 0.3 is 0 Å². The van der Waals surface area contributed by atoms with E-state index in [0.29, 0.717) is 26.1 Å². The molecule has 1 amide bonds. The van der Waals surface area contributed by atoms with Crippen molar-refractivity contribution in [3.05, 3.63) is 35.9 Å². The van der Waals surface area contributed by atoms with E-state index < -0.39 is 9.84 Å². The Balaban J connectivity index is 2.07. The number of nitrogens with zero attached hydrogens (tertiary/aromatic N) is 1. The summed E-state index contributed by atoms with van der Waals surface area (Å²) < 4.78 is 23.7. The Kier molecular flexibility index (Phi) is 5.58. The molecule has 0 aliphatic carbocycles. The lowest BCUT2D eigenvalue weighted by Gasteiger charge is -2.17. The van der Waals surface area contributed by atoms with Crippen LogP contribution in [0.3, 0.4) is 0 Å². The zero-order valence-electron chi connectivity index (χ0n) is 12.9. The fourth-order valence-electron chi connectivity index (χ4n) is 3.05. The number of sulfone groups is 1. The fourth-order valence-corrected chi connectivity index (χ4v) is 4.38. The van der Waals surface area contributed by atoms with E-state index in [4.69, 9.17) is 5.73 Å². The maximum Gasteiger partial charge on any atom is 0.237 e. The number of likely N-dealkylation sites (tertiary alicyclic amines) is 1. The van der Waals surface area contributed by atoms with Gasteiger partial charge in [0.15, 0.2) is 9.84 Å². The van der Waals surface area contributed by atoms with Crippen molar-refractivity contribution >= 4 is 15.7 Å². The van der Waals surface area contributed by atoms with Gasteiger partial charge in [-0.3, -0.25) is 4.79 Å². The van der Waals surface area contributed by atoms with Gasteiger partial charge in [-0.1, -0.05) is 37.3 Å². The molecule has 0 aromatic heterocycles. The molecule has 1 saturated heterocycles. The van der Waals surface area contributed by atoms with Gasteiger partial charge in [0.1, 0.15) is 5.75 Å². The Morgan fingerprint density at radius 1 is 1.27 bits per heavy atom. The largest absolute Gasteiger partial charge is 0.341 e. The van der Waals surface area contributed by atoms with Crippen LogP contribution in [-0.4, -0.2) is 50.4 Å². The molecule has 2 rings (SSSR count).